The van der Waals surface area contributed by atoms with Crippen LogP contribution >= 0.6 is 11.6 Å². The van der Waals surface area contributed by atoms with Crippen LogP contribution in [0.1, 0.15) is 29.3 Å². The second-order valence-corrected chi connectivity index (χ2v) is 5.26. The molecule has 100 valence electrons. The number of hydrogen-bond donors (Lipinski definition) is 0. The maximum atomic E-state index is 6.57. The van der Waals surface area contributed by atoms with Crippen molar-refractivity contribution in [2.24, 2.45) is 5.92 Å². The van der Waals surface area contributed by atoms with Gasteiger partial charge in [0.25, 0.3) is 0 Å². The van der Waals surface area contributed by atoms with Crippen LogP contribution in [0.3, 0.4) is 0 Å². The lowest BCUT2D eigenvalue weighted by molar-refractivity contribution is 0.0625. The van der Waals surface area contributed by atoms with Crippen molar-refractivity contribution in [3.05, 3.63) is 35.4 Å². The minimum absolute atomic E-state index is 0.140. The summed E-state index contributed by atoms with van der Waals surface area (Å²) in [4.78, 5) is 0. The highest BCUT2D eigenvalue weighted by atomic mass is 35.5. The number of benzene rings is 1. The van der Waals surface area contributed by atoms with Gasteiger partial charge in [0.2, 0.25) is 0 Å². The number of methoxy groups -OCH3 is 1. The number of aryl methyl sites for hydroxylation is 1. The standard InChI is InChI=1S/C15H21ClO2/c1-17-10-11-18-9-8-13-7-6-12-4-2-3-5-14(12)15(13)16/h2-5,13,15H,6-11H2,1H3. The molecule has 2 atom stereocenters. The van der Waals surface area contributed by atoms with Crippen molar-refractivity contribution in [1.29, 1.82) is 0 Å². The Labute approximate surface area is 114 Å². The van der Waals surface area contributed by atoms with Crippen LogP contribution in [0.2, 0.25) is 0 Å². The highest BCUT2D eigenvalue weighted by Gasteiger charge is 2.27. The third kappa shape index (κ3) is 3.47. The Morgan fingerprint density at radius 1 is 1.22 bits per heavy atom. The molecule has 1 aliphatic rings. The number of rotatable bonds is 6. The fourth-order valence-electron chi connectivity index (χ4n) is 2.54. The molecular weight excluding hydrogens is 248 g/mol. The Kier molecular flexibility index (Phi) is 5.48. The van der Waals surface area contributed by atoms with E-state index in [4.69, 9.17) is 21.1 Å². The fraction of sp³-hybridized carbons (Fsp3) is 0.600. The number of hydrogen-bond acceptors (Lipinski definition) is 2. The average Bonchev–Trinajstić information content (AvgIpc) is 2.41. The summed E-state index contributed by atoms with van der Waals surface area (Å²) in [6, 6.07) is 8.52. The lowest BCUT2D eigenvalue weighted by Gasteiger charge is -2.29. The van der Waals surface area contributed by atoms with Crippen LogP contribution in [0.15, 0.2) is 24.3 Å². The van der Waals surface area contributed by atoms with Crippen molar-refractivity contribution in [2.45, 2.75) is 24.6 Å². The van der Waals surface area contributed by atoms with Gasteiger partial charge in [0.05, 0.1) is 18.6 Å². The van der Waals surface area contributed by atoms with Gasteiger partial charge in [-0.2, -0.15) is 0 Å². The van der Waals surface area contributed by atoms with Crippen molar-refractivity contribution < 1.29 is 9.47 Å². The number of ether oxygens (including phenoxy) is 2. The Bertz CT molecular complexity index is 367. The van der Waals surface area contributed by atoms with E-state index in [-0.39, 0.29) is 5.38 Å². The number of alkyl halides is 1. The molecule has 0 saturated carbocycles. The van der Waals surface area contributed by atoms with E-state index in [1.807, 2.05) is 0 Å². The molecule has 18 heavy (non-hydrogen) atoms. The molecule has 0 spiro atoms. The van der Waals surface area contributed by atoms with Crippen LogP contribution in [0.25, 0.3) is 0 Å². The Balaban J connectivity index is 1.82. The zero-order valence-electron chi connectivity index (χ0n) is 10.9. The minimum atomic E-state index is 0.140. The molecule has 0 aromatic heterocycles. The minimum Gasteiger partial charge on any atom is -0.382 e. The molecule has 0 N–H and O–H groups in total. The predicted octanol–water partition coefficient (Wildman–Crippen LogP) is 3.58. The van der Waals surface area contributed by atoms with Gasteiger partial charge in [0, 0.05) is 13.7 Å². The lowest BCUT2D eigenvalue weighted by Crippen LogP contribution is -2.19. The quantitative estimate of drug-likeness (QED) is 0.580. The molecule has 3 heteroatoms. The molecular formula is C15H21ClO2. The van der Waals surface area contributed by atoms with Crippen LogP contribution in [0.4, 0.5) is 0 Å². The molecule has 1 aromatic rings. The zero-order chi connectivity index (χ0) is 12.8. The summed E-state index contributed by atoms with van der Waals surface area (Å²) in [6.45, 7) is 2.12. The van der Waals surface area contributed by atoms with E-state index in [1.165, 1.54) is 17.5 Å². The van der Waals surface area contributed by atoms with Gasteiger partial charge in [-0.05, 0) is 36.3 Å². The van der Waals surface area contributed by atoms with Gasteiger partial charge in [-0.3, -0.25) is 0 Å². The molecule has 0 aliphatic heterocycles. The van der Waals surface area contributed by atoms with E-state index in [1.54, 1.807) is 7.11 Å². The van der Waals surface area contributed by atoms with Crippen LogP contribution in [0.5, 0.6) is 0 Å². The monoisotopic (exact) mass is 268 g/mol. The predicted molar refractivity (Wildman–Crippen MR) is 74.2 cm³/mol. The third-order valence-electron chi connectivity index (χ3n) is 3.62. The van der Waals surface area contributed by atoms with E-state index >= 15 is 0 Å². The molecule has 2 nitrogen and oxygen atoms in total. The second-order valence-electron chi connectivity index (χ2n) is 4.79. The average molecular weight is 269 g/mol. The molecule has 1 aromatic carbocycles. The van der Waals surface area contributed by atoms with Gasteiger partial charge in [-0.15, -0.1) is 11.6 Å². The maximum Gasteiger partial charge on any atom is 0.0700 e. The van der Waals surface area contributed by atoms with E-state index in [0.717, 1.165) is 19.4 Å². The number of fused-ring (bicyclic) bond motifs is 1. The SMILES string of the molecule is COCCOCCC1CCc2ccccc2C1Cl. The van der Waals surface area contributed by atoms with E-state index < -0.39 is 0 Å². The van der Waals surface area contributed by atoms with Crippen LogP contribution in [0, 0.1) is 5.92 Å². The van der Waals surface area contributed by atoms with Gasteiger partial charge in [0.15, 0.2) is 0 Å². The first-order valence-electron chi connectivity index (χ1n) is 6.61. The number of halogens is 1. The Morgan fingerprint density at radius 2 is 2.06 bits per heavy atom. The first-order valence-corrected chi connectivity index (χ1v) is 7.05. The van der Waals surface area contributed by atoms with E-state index in [0.29, 0.717) is 19.1 Å². The van der Waals surface area contributed by atoms with E-state index in [9.17, 15) is 0 Å². The summed E-state index contributed by atoms with van der Waals surface area (Å²) in [5.74, 6) is 0.532. The summed E-state index contributed by atoms with van der Waals surface area (Å²) < 4.78 is 10.5. The first-order chi connectivity index (χ1) is 8.83. The Hall–Kier alpha value is -0.570. The van der Waals surface area contributed by atoms with Crippen molar-refractivity contribution in [2.75, 3.05) is 26.9 Å². The molecule has 1 aliphatic carbocycles. The van der Waals surface area contributed by atoms with Gasteiger partial charge in [0.1, 0.15) is 0 Å². The Morgan fingerprint density at radius 3 is 2.89 bits per heavy atom. The topological polar surface area (TPSA) is 18.5 Å². The summed E-state index contributed by atoms with van der Waals surface area (Å²) in [5.41, 5.74) is 2.72. The molecule has 0 fully saturated rings. The molecule has 0 amide bonds. The first kappa shape index (κ1) is 13.9. The van der Waals surface area contributed by atoms with Crippen molar-refractivity contribution >= 4 is 11.6 Å². The smallest absolute Gasteiger partial charge is 0.0700 e. The van der Waals surface area contributed by atoms with Crippen molar-refractivity contribution in [3.63, 3.8) is 0 Å². The summed E-state index contributed by atoms with van der Waals surface area (Å²) in [5, 5.41) is 0.140. The molecule has 0 bridgehead atoms. The van der Waals surface area contributed by atoms with E-state index in [2.05, 4.69) is 24.3 Å². The molecule has 2 unspecified atom stereocenters. The van der Waals surface area contributed by atoms with Crippen molar-refractivity contribution in [1.82, 2.24) is 0 Å². The highest BCUT2D eigenvalue weighted by molar-refractivity contribution is 6.21. The maximum absolute atomic E-state index is 6.57. The third-order valence-corrected chi connectivity index (χ3v) is 4.21. The largest absolute Gasteiger partial charge is 0.382 e. The molecule has 0 saturated heterocycles. The van der Waals surface area contributed by atoms with Crippen LogP contribution in [-0.4, -0.2) is 26.9 Å². The summed E-state index contributed by atoms with van der Waals surface area (Å²) >= 11 is 6.57. The normalized spacial score (nSPS) is 22.8. The zero-order valence-corrected chi connectivity index (χ0v) is 11.7. The molecule has 0 radical (unpaired) electrons. The van der Waals surface area contributed by atoms with Gasteiger partial charge in [-0.1, -0.05) is 24.3 Å². The van der Waals surface area contributed by atoms with Gasteiger partial charge >= 0.3 is 0 Å². The van der Waals surface area contributed by atoms with Gasteiger partial charge < -0.3 is 9.47 Å². The van der Waals surface area contributed by atoms with Crippen LogP contribution < -0.4 is 0 Å². The summed E-state index contributed by atoms with van der Waals surface area (Å²) in [7, 11) is 1.69. The molecule has 0 heterocycles. The van der Waals surface area contributed by atoms with Crippen molar-refractivity contribution in [3.8, 4) is 0 Å². The summed E-state index contributed by atoms with van der Waals surface area (Å²) in [6.07, 6.45) is 3.34. The van der Waals surface area contributed by atoms with Gasteiger partial charge in [-0.25, -0.2) is 0 Å². The van der Waals surface area contributed by atoms with Crippen LogP contribution in [-0.2, 0) is 15.9 Å². The second kappa shape index (κ2) is 7.13. The highest BCUT2D eigenvalue weighted by Crippen LogP contribution is 2.40. The molecule has 2 rings (SSSR count). The lowest BCUT2D eigenvalue weighted by atomic mass is 9.82. The fourth-order valence-corrected chi connectivity index (χ4v) is 3.01.